The van der Waals surface area contributed by atoms with Crippen LogP contribution in [-0.4, -0.2) is 24.2 Å². The number of ether oxygens (including phenoxy) is 1. The SMILES string of the molecule is COc1ccc(Br)cc1CNCC1(C)CCCS1. The Morgan fingerprint density at radius 1 is 1.50 bits per heavy atom. The molecule has 100 valence electrons. The fourth-order valence-electron chi connectivity index (χ4n) is 2.32. The molecule has 0 aromatic heterocycles. The van der Waals surface area contributed by atoms with E-state index in [9.17, 15) is 0 Å². The lowest BCUT2D eigenvalue weighted by Crippen LogP contribution is -2.32. The molecule has 0 amide bonds. The zero-order valence-electron chi connectivity index (χ0n) is 11.0. The van der Waals surface area contributed by atoms with Crippen LogP contribution in [0.4, 0.5) is 0 Å². The van der Waals surface area contributed by atoms with Gasteiger partial charge in [0.15, 0.2) is 0 Å². The lowest BCUT2D eigenvalue weighted by atomic mass is 10.1. The van der Waals surface area contributed by atoms with Crippen molar-refractivity contribution in [2.75, 3.05) is 19.4 Å². The van der Waals surface area contributed by atoms with E-state index in [1.165, 1.54) is 24.2 Å². The zero-order chi connectivity index (χ0) is 13.0. The van der Waals surface area contributed by atoms with E-state index in [1.54, 1.807) is 7.11 Å². The lowest BCUT2D eigenvalue weighted by molar-refractivity contribution is 0.406. The first-order chi connectivity index (χ1) is 8.63. The highest BCUT2D eigenvalue weighted by molar-refractivity contribution is 9.10. The minimum Gasteiger partial charge on any atom is -0.496 e. The van der Waals surface area contributed by atoms with E-state index in [2.05, 4.69) is 46.0 Å². The number of thioether (sulfide) groups is 1. The number of hydrogen-bond donors (Lipinski definition) is 1. The molecule has 1 aliphatic rings. The van der Waals surface area contributed by atoms with Gasteiger partial charge in [-0.15, -0.1) is 0 Å². The van der Waals surface area contributed by atoms with Crippen LogP contribution in [0, 0.1) is 0 Å². The number of methoxy groups -OCH3 is 1. The van der Waals surface area contributed by atoms with E-state index in [0.717, 1.165) is 23.3 Å². The predicted octanol–water partition coefficient (Wildman–Crippen LogP) is 3.83. The molecule has 1 aromatic rings. The van der Waals surface area contributed by atoms with Crippen LogP contribution >= 0.6 is 27.7 Å². The normalized spacial score (nSPS) is 23.3. The Labute approximate surface area is 122 Å². The van der Waals surface area contributed by atoms with Gasteiger partial charge in [-0.1, -0.05) is 15.9 Å². The number of hydrogen-bond acceptors (Lipinski definition) is 3. The number of benzene rings is 1. The summed E-state index contributed by atoms with van der Waals surface area (Å²) in [7, 11) is 1.72. The Morgan fingerprint density at radius 2 is 2.33 bits per heavy atom. The van der Waals surface area contributed by atoms with Crippen molar-refractivity contribution >= 4 is 27.7 Å². The predicted molar refractivity (Wildman–Crippen MR) is 82.5 cm³/mol. The molecule has 1 fully saturated rings. The third-order valence-corrected chi connectivity index (χ3v) is 5.39. The van der Waals surface area contributed by atoms with E-state index in [-0.39, 0.29) is 0 Å². The van der Waals surface area contributed by atoms with Crippen molar-refractivity contribution in [2.24, 2.45) is 0 Å². The van der Waals surface area contributed by atoms with Crippen molar-refractivity contribution in [1.29, 1.82) is 0 Å². The van der Waals surface area contributed by atoms with Gasteiger partial charge in [0.1, 0.15) is 5.75 Å². The van der Waals surface area contributed by atoms with E-state index >= 15 is 0 Å². The molecule has 1 aromatic carbocycles. The maximum atomic E-state index is 5.38. The van der Waals surface area contributed by atoms with Crippen LogP contribution in [0.3, 0.4) is 0 Å². The molecule has 0 radical (unpaired) electrons. The molecule has 1 atom stereocenters. The minimum atomic E-state index is 0.416. The highest BCUT2D eigenvalue weighted by Crippen LogP contribution is 2.37. The highest BCUT2D eigenvalue weighted by atomic mass is 79.9. The second kappa shape index (κ2) is 6.31. The summed E-state index contributed by atoms with van der Waals surface area (Å²) in [6.45, 7) is 4.28. The standard InChI is InChI=1S/C14H20BrNOS/c1-14(6-3-7-18-14)10-16-9-11-8-12(15)4-5-13(11)17-2/h4-5,8,16H,3,6-7,9-10H2,1-2H3. The van der Waals surface area contributed by atoms with Gasteiger partial charge in [-0.3, -0.25) is 0 Å². The second-order valence-corrected chi connectivity index (χ2v) is 7.56. The van der Waals surface area contributed by atoms with Crippen molar-refractivity contribution in [3.63, 3.8) is 0 Å². The maximum Gasteiger partial charge on any atom is 0.123 e. The van der Waals surface area contributed by atoms with Crippen molar-refractivity contribution in [3.05, 3.63) is 28.2 Å². The van der Waals surface area contributed by atoms with Crippen molar-refractivity contribution < 1.29 is 4.74 Å². The molecule has 1 unspecified atom stereocenters. The van der Waals surface area contributed by atoms with Gasteiger partial charge in [-0.2, -0.15) is 11.8 Å². The van der Waals surface area contributed by atoms with Crippen LogP contribution in [0.2, 0.25) is 0 Å². The minimum absolute atomic E-state index is 0.416. The molecule has 1 heterocycles. The van der Waals surface area contributed by atoms with Gasteiger partial charge in [0.2, 0.25) is 0 Å². The molecule has 1 aliphatic heterocycles. The maximum absolute atomic E-state index is 5.38. The summed E-state index contributed by atoms with van der Waals surface area (Å²) in [6.07, 6.45) is 2.67. The first-order valence-electron chi connectivity index (χ1n) is 6.30. The van der Waals surface area contributed by atoms with Gasteiger partial charge in [0.25, 0.3) is 0 Å². The molecule has 0 saturated carbocycles. The molecule has 4 heteroatoms. The fraction of sp³-hybridized carbons (Fsp3) is 0.571. The monoisotopic (exact) mass is 329 g/mol. The molecular formula is C14H20BrNOS. The summed E-state index contributed by atoms with van der Waals surface area (Å²) in [5.74, 6) is 2.26. The van der Waals surface area contributed by atoms with E-state index < -0.39 is 0 Å². The quantitative estimate of drug-likeness (QED) is 0.886. The lowest BCUT2D eigenvalue weighted by Gasteiger charge is -2.23. The van der Waals surface area contributed by atoms with Crippen LogP contribution in [0.15, 0.2) is 22.7 Å². The summed E-state index contributed by atoms with van der Waals surface area (Å²) < 4.78 is 6.90. The van der Waals surface area contributed by atoms with Crippen molar-refractivity contribution in [2.45, 2.75) is 31.1 Å². The van der Waals surface area contributed by atoms with Gasteiger partial charge >= 0.3 is 0 Å². The molecule has 1 saturated heterocycles. The summed E-state index contributed by atoms with van der Waals surface area (Å²) >= 11 is 5.60. The Hall–Kier alpha value is -0.190. The Bertz CT molecular complexity index is 405. The molecule has 0 aliphatic carbocycles. The van der Waals surface area contributed by atoms with E-state index in [4.69, 9.17) is 4.74 Å². The Morgan fingerprint density at radius 3 is 3.00 bits per heavy atom. The molecule has 0 spiro atoms. The molecule has 0 bridgehead atoms. The highest BCUT2D eigenvalue weighted by Gasteiger charge is 2.28. The number of rotatable bonds is 5. The Kier molecular flexibility index (Phi) is 4.98. The molecular weight excluding hydrogens is 310 g/mol. The first-order valence-corrected chi connectivity index (χ1v) is 8.08. The van der Waals surface area contributed by atoms with Crippen LogP contribution in [-0.2, 0) is 6.54 Å². The summed E-state index contributed by atoms with van der Waals surface area (Å²) in [5, 5.41) is 3.56. The number of halogens is 1. The van der Waals surface area contributed by atoms with Crippen molar-refractivity contribution in [1.82, 2.24) is 5.32 Å². The zero-order valence-corrected chi connectivity index (χ0v) is 13.4. The first kappa shape index (κ1) is 14.2. The van der Waals surface area contributed by atoms with Gasteiger partial charge < -0.3 is 10.1 Å². The Balaban J connectivity index is 1.91. The fourth-order valence-corrected chi connectivity index (χ4v) is 4.01. The summed E-state index contributed by atoms with van der Waals surface area (Å²) in [4.78, 5) is 0. The topological polar surface area (TPSA) is 21.3 Å². The molecule has 1 N–H and O–H groups in total. The van der Waals surface area contributed by atoms with Crippen LogP contribution in [0.25, 0.3) is 0 Å². The van der Waals surface area contributed by atoms with Crippen LogP contribution < -0.4 is 10.1 Å². The van der Waals surface area contributed by atoms with Gasteiger partial charge in [0.05, 0.1) is 7.11 Å². The van der Waals surface area contributed by atoms with E-state index in [1.807, 2.05) is 12.1 Å². The van der Waals surface area contributed by atoms with E-state index in [0.29, 0.717) is 4.75 Å². The number of nitrogens with one attached hydrogen (secondary N) is 1. The molecule has 18 heavy (non-hydrogen) atoms. The van der Waals surface area contributed by atoms with Crippen molar-refractivity contribution in [3.8, 4) is 5.75 Å². The third-order valence-electron chi connectivity index (χ3n) is 3.36. The van der Waals surface area contributed by atoms with Crippen LogP contribution in [0.1, 0.15) is 25.3 Å². The summed E-state index contributed by atoms with van der Waals surface area (Å²) in [6, 6.07) is 6.14. The average Bonchev–Trinajstić information content (AvgIpc) is 2.77. The third kappa shape index (κ3) is 3.65. The summed E-state index contributed by atoms with van der Waals surface area (Å²) in [5.41, 5.74) is 1.21. The second-order valence-electron chi connectivity index (χ2n) is 4.96. The van der Waals surface area contributed by atoms with Crippen LogP contribution in [0.5, 0.6) is 5.75 Å². The molecule has 2 nitrogen and oxygen atoms in total. The van der Waals surface area contributed by atoms with Gasteiger partial charge in [-0.25, -0.2) is 0 Å². The van der Waals surface area contributed by atoms with Gasteiger partial charge in [0, 0.05) is 27.9 Å². The average molecular weight is 330 g/mol. The largest absolute Gasteiger partial charge is 0.496 e. The molecule has 2 rings (SSSR count). The van der Waals surface area contributed by atoms with Gasteiger partial charge in [-0.05, 0) is 43.7 Å². The smallest absolute Gasteiger partial charge is 0.123 e.